The molecule has 0 saturated carbocycles. The van der Waals surface area contributed by atoms with E-state index in [1.165, 1.54) is 10.7 Å². The lowest BCUT2D eigenvalue weighted by Crippen LogP contribution is -2.34. The summed E-state index contributed by atoms with van der Waals surface area (Å²) >= 11 is 0. The number of nitrogens with zero attached hydrogens (tertiary/aromatic N) is 3. The molecule has 2 N–H and O–H groups in total. The minimum absolute atomic E-state index is 0. The molecule has 3 rings (SSSR count). The van der Waals surface area contributed by atoms with E-state index in [9.17, 15) is 19.4 Å². The maximum absolute atomic E-state index is 13.7. The maximum atomic E-state index is 13.7. The van der Waals surface area contributed by atoms with Crippen molar-refractivity contribution in [1.82, 2.24) is 14.7 Å². The van der Waals surface area contributed by atoms with Gasteiger partial charge in [0, 0.05) is 30.8 Å². The van der Waals surface area contributed by atoms with Crippen molar-refractivity contribution in [2.24, 2.45) is 0 Å². The molecule has 2 aromatic carbocycles. The predicted octanol–water partition coefficient (Wildman–Crippen LogP) is 2.61. The molecule has 0 atom stereocenters. The maximum Gasteiger partial charge on any atom is 0.271 e. The van der Waals surface area contributed by atoms with Gasteiger partial charge in [0.2, 0.25) is 0 Å². The van der Waals surface area contributed by atoms with Crippen LogP contribution in [-0.2, 0) is 13.1 Å². The van der Waals surface area contributed by atoms with Gasteiger partial charge >= 0.3 is 0 Å². The molecule has 0 aliphatic rings. The number of hydrogen-bond donors (Lipinski definition) is 2. The molecule has 0 amide bonds. The van der Waals surface area contributed by atoms with Gasteiger partial charge in [-0.3, -0.25) is 9.69 Å². The van der Waals surface area contributed by atoms with E-state index in [1.54, 1.807) is 25.1 Å². The van der Waals surface area contributed by atoms with Crippen LogP contribution in [0.25, 0.3) is 11.3 Å². The molecule has 0 bridgehead atoms. The Hall–Kier alpha value is -2.58. The minimum Gasteiger partial charge on any atom is -0.395 e. The first kappa shape index (κ1) is 24.7. The number of aliphatic hydroxyl groups excluding tert-OH is 2. The first-order valence-corrected chi connectivity index (χ1v) is 9.87. The smallest absolute Gasteiger partial charge is 0.271 e. The van der Waals surface area contributed by atoms with Crippen LogP contribution in [0.5, 0.6) is 0 Å². The Balaban J connectivity index is 0.00000341. The van der Waals surface area contributed by atoms with Crippen molar-refractivity contribution in [3.63, 3.8) is 0 Å². The van der Waals surface area contributed by atoms with Gasteiger partial charge in [0.1, 0.15) is 5.82 Å². The van der Waals surface area contributed by atoms with Crippen molar-refractivity contribution >= 4 is 12.4 Å². The van der Waals surface area contributed by atoms with E-state index < -0.39 is 0 Å². The quantitative estimate of drug-likeness (QED) is 0.527. The van der Waals surface area contributed by atoms with E-state index in [1.807, 2.05) is 35.2 Å². The second-order valence-corrected chi connectivity index (χ2v) is 7.19. The molecule has 1 aromatic heterocycles. The predicted molar refractivity (Wildman–Crippen MR) is 121 cm³/mol. The zero-order valence-corrected chi connectivity index (χ0v) is 18.2. The summed E-state index contributed by atoms with van der Waals surface area (Å²) in [5.74, 6) is -0.298. The third-order valence-electron chi connectivity index (χ3n) is 4.90. The summed E-state index contributed by atoms with van der Waals surface area (Å²) < 4.78 is 15.1. The number of halogens is 2. The third kappa shape index (κ3) is 6.45. The second kappa shape index (κ2) is 11.7. The van der Waals surface area contributed by atoms with Crippen molar-refractivity contribution in [2.75, 3.05) is 26.3 Å². The Morgan fingerprint density at radius 2 is 1.71 bits per heavy atom. The highest BCUT2D eigenvalue weighted by Gasteiger charge is 2.15. The Labute approximate surface area is 187 Å². The van der Waals surface area contributed by atoms with Crippen LogP contribution in [-0.4, -0.2) is 51.2 Å². The third-order valence-corrected chi connectivity index (χ3v) is 4.90. The van der Waals surface area contributed by atoms with E-state index in [-0.39, 0.29) is 43.5 Å². The normalized spacial score (nSPS) is 10.9. The van der Waals surface area contributed by atoms with Crippen LogP contribution in [0.3, 0.4) is 0 Å². The molecule has 6 nitrogen and oxygen atoms in total. The largest absolute Gasteiger partial charge is 0.395 e. The van der Waals surface area contributed by atoms with E-state index in [0.717, 1.165) is 5.56 Å². The van der Waals surface area contributed by atoms with Crippen LogP contribution >= 0.6 is 12.4 Å². The van der Waals surface area contributed by atoms with Gasteiger partial charge in [-0.25, -0.2) is 9.07 Å². The Kier molecular flexibility index (Phi) is 9.33. The molecule has 0 fully saturated rings. The lowest BCUT2D eigenvalue weighted by molar-refractivity contribution is 0.155. The molecule has 0 aliphatic carbocycles. The number of hydrogen-bond acceptors (Lipinski definition) is 5. The van der Waals surface area contributed by atoms with Crippen LogP contribution < -0.4 is 5.56 Å². The van der Waals surface area contributed by atoms with Crippen molar-refractivity contribution in [3.05, 3.63) is 87.5 Å². The van der Waals surface area contributed by atoms with Gasteiger partial charge in [0.15, 0.2) is 0 Å². The van der Waals surface area contributed by atoms with Crippen molar-refractivity contribution in [3.8, 4) is 11.3 Å². The van der Waals surface area contributed by atoms with Gasteiger partial charge in [0.25, 0.3) is 5.56 Å². The van der Waals surface area contributed by atoms with Gasteiger partial charge in [-0.15, -0.1) is 12.4 Å². The molecule has 166 valence electrons. The second-order valence-electron chi connectivity index (χ2n) is 7.19. The standard InChI is InChI=1S/C23H26FN3O3.ClH/c1-17-13-19(7-8-21(17)24)22-14-20(16-26(9-11-28)10-12-29)23(30)27(25-22)15-18-5-3-2-4-6-18;/h2-8,13-14,28-29H,9-12,15-16H2,1H3;1H. The molecule has 3 aromatic rings. The molecule has 8 heteroatoms. The van der Waals surface area contributed by atoms with Gasteiger partial charge in [0.05, 0.1) is 25.5 Å². The van der Waals surface area contributed by atoms with Crippen molar-refractivity contribution in [1.29, 1.82) is 0 Å². The van der Waals surface area contributed by atoms with E-state index in [4.69, 9.17) is 0 Å². The van der Waals surface area contributed by atoms with Crippen molar-refractivity contribution in [2.45, 2.75) is 20.0 Å². The Morgan fingerprint density at radius 1 is 1.03 bits per heavy atom. The van der Waals surface area contributed by atoms with Crippen LogP contribution in [0.1, 0.15) is 16.7 Å². The summed E-state index contributed by atoms with van der Waals surface area (Å²) in [6, 6.07) is 16.0. The minimum atomic E-state index is -0.298. The Bertz CT molecular complexity index is 1040. The molecule has 1 heterocycles. The fraction of sp³-hybridized carbons (Fsp3) is 0.304. The van der Waals surface area contributed by atoms with Crippen LogP contribution in [0.2, 0.25) is 0 Å². The SMILES string of the molecule is Cc1cc(-c2cc(CN(CCO)CCO)c(=O)n(Cc3ccccc3)n2)ccc1F.Cl. The number of rotatable bonds is 9. The fourth-order valence-electron chi connectivity index (χ4n) is 3.31. The van der Waals surface area contributed by atoms with Crippen LogP contribution in [0, 0.1) is 12.7 Å². The highest BCUT2D eigenvalue weighted by Crippen LogP contribution is 2.20. The molecule has 31 heavy (non-hydrogen) atoms. The lowest BCUT2D eigenvalue weighted by Gasteiger charge is -2.20. The van der Waals surface area contributed by atoms with Crippen LogP contribution in [0.15, 0.2) is 59.4 Å². The monoisotopic (exact) mass is 447 g/mol. The number of aliphatic hydroxyl groups is 2. The first-order valence-electron chi connectivity index (χ1n) is 9.87. The highest BCUT2D eigenvalue weighted by molar-refractivity contribution is 5.85. The summed E-state index contributed by atoms with van der Waals surface area (Å²) in [6.07, 6.45) is 0. The summed E-state index contributed by atoms with van der Waals surface area (Å²) in [6.45, 7) is 2.79. The molecular weight excluding hydrogens is 421 g/mol. The lowest BCUT2D eigenvalue weighted by atomic mass is 10.1. The topological polar surface area (TPSA) is 78.6 Å². The summed E-state index contributed by atoms with van der Waals surface area (Å²) in [5.41, 5.74) is 2.98. The summed E-state index contributed by atoms with van der Waals surface area (Å²) in [4.78, 5) is 14.9. The highest BCUT2D eigenvalue weighted by atomic mass is 35.5. The van der Waals surface area contributed by atoms with Crippen LogP contribution in [0.4, 0.5) is 4.39 Å². The molecule has 0 spiro atoms. The average Bonchev–Trinajstić information content (AvgIpc) is 2.74. The summed E-state index contributed by atoms with van der Waals surface area (Å²) in [5, 5.41) is 23.1. The number of benzene rings is 2. The van der Waals surface area contributed by atoms with E-state index >= 15 is 0 Å². The Morgan fingerprint density at radius 3 is 2.32 bits per heavy atom. The van der Waals surface area contributed by atoms with Gasteiger partial charge in [-0.2, -0.15) is 5.10 Å². The zero-order chi connectivity index (χ0) is 21.5. The van der Waals surface area contributed by atoms with Gasteiger partial charge < -0.3 is 10.2 Å². The molecule has 0 radical (unpaired) electrons. The average molecular weight is 448 g/mol. The summed E-state index contributed by atoms with van der Waals surface area (Å²) in [7, 11) is 0. The van der Waals surface area contributed by atoms with Gasteiger partial charge in [-0.05, 0) is 42.3 Å². The molecular formula is C23H27ClFN3O3. The van der Waals surface area contributed by atoms with E-state index in [2.05, 4.69) is 5.10 Å². The number of aromatic nitrogens is 2. The molecule has 0 aliphatic heterocycles. The zero-order valence-electron chi connectivity index (χ0n) is 17.4. The number of aryl methyl sites for hydroxylation is 1. The first-order chi connectivity index (χ1) is 14.5. The molecule has 0 saturated heterocycles. The van der Waals surface area contributed by atoms with Crippen molar-refractivity contribution < 1.29 is 14.6 Å². The fourth-order valence-corrected chi connectivity index (χ4v) is 3.31. The molecule has 0 unspecified atom stereocenters. The van der Waals surface area contributed by atoms with Gasteiger partial charge in [-0.1, -0.05) is 30.3 Å². The van der Waals surface area contributed by atoms with E-state index in [0.29, 0.717) is 42.0 Å².